The van der Waals surface area contributed by atoms with Crippen LogP contribution >= 0.6 is 0 Å². The van der Waals surface area contributed by atoms with Crippen molar-refractivity contribution >= 4 is 22.7 Å². The van der Waals surface area contributed by atoms with E-state index in [-0.39, 0.29) is 18.0 Å². The lowest BCUT2D eigenvalue weighted by atomic mass is 10.2. The van der Waals surface area contributed by atoms with E-state index in [0.29, 0.717) is 45.8 Å². The molecule has 0 aliphatic rings. The summed E-state index contributed by atoms with van der Waals surface area (Å²) < 4.78 is 33.4. The van der Waals surface area contributed by atoms with E-state index in [2.05, 4.69) is 25.0 Å². The number of anilines is 2. The third kappa shape index (κ3) is 4.88. The van der Waals surface area contributed by atoms with E-state index >= 15 is 4.39 Å². The second-order valence-electron chi connectivity index (χ2n) is 8.39. The molecule has 0 atom stereocenters. The molecule has 5 aromatic rings. The molecule has 0 bridgehead atoms. The number of methoxy groups -OCH3 is 3. The number of rotatable bonds is 8. The second-order valence-corrected chi connectivity index (χ2v) is 8.39. The Hall–Kier alpha value is -4.87. The topological polar surface area (TPSA) is 113 Å². The van der Waals surface area contributed by atoms with Gasteiger partial charge in [-0.1, -0.05) is 0 Å². The van der Waals surface area contributed by atoms with Crippen molar-refractivity contribution in [1.29, 1.82) is 0 Å². The van der Waals surface area contributed by atoms with Crippen LogP contribution in [0.2, 0.25) is 0 Å². The minimum Gasteiger partial charge on any atom is -0.497 e. The van der Waals surface area contributed by atoms with E-state index in [1.165, 1.54) is 27.4 Å². The molecule has 0 aliphatic carbocycles. The number of aryl methyl sites for hydroxylation is 2. The van der Waals surface area contributed by atoms with Crippen LogP contribution in [0.3, 0.4) is 0 Å². The third-order valence-electron chi connectivity index (χ3n) is 5.79. The minimum absolute atomic E-state index is 0.0199. The molecule has 0 saturated carbocycles. The molecule has 11 nitrogen and oxygen atoms in total. The van der Waals surface area contributed by atoms with Gasteiger partial charge in [-0.2, -0.15) is 10.1 Å². The zero-order valence-electron chi connectivity index (χ0n) is 21.5. The lowest BCUT2D eigenvalue weighted by Crippen LogP contribution is -2.21. The predicted molar refractivity (Wildman–Crippen MR) is 138 cm³/mol. The van der Waals surface area contributed by atoms with Crippen molar-refractivity contribution < 1.29 is 18.6 Å². The molecule has 1 aromatic carbocycles. The average Bonchev–Trinajstić information content (AvgIpc) is 3.37. The molecule has 4 aromatic heterocycles. The van der Waals surface area contributed by atoms with Gasteiger partial charge in [-0.3, -0.25) is 9.67 Å². The molecule has 0 spiro atoms. The summed E-state index contributed by atoms with van der Waals surface area (Å²) in [6.45, 7) is 1.90. The van der Waals surface area contributed by atoms with Crippen LogP contribution in [0.1, 0.15) is 11.5 Å². The molecule has 5 rings (SSSR count). The Balaban J connectivity index is 1.67. The molecule has 0 aliphatic heterocycles. The van der Waals surface area contributed by atoms with Crippen molar-refractivity contribution in [1.82, 2.24) is 34.7 Å². The first-order chi connectivity index (χ1) is 18.4. The summed E-state index contributed by atoms with van der Waals surface area (Å²) in [6.07, 6.45) is 5.21. The zero-order chi connectivity index (χ0) is 26.8. The fraction of sp³-hybridized carbons (Fsp3) is 0.231. The summed E-state index contributed by atoms with van der Waals surface area (Å²) in [5.74, 6) is 1.03. The average molecular weight is 517 g/mol. The number of benzene rings is 1. The summed E-state index contributed by atoms with van der Waals surface area (Å²) in [4.78, 5) is 24.5. The molecule has 0 radical (unpaired) electrons. The first kappa shape index (κ1) is 24.8. The highest BCUT2D eigenvalue weighted by atomic mass is 19.1. The molecular formula is C26H25FN8O3. The Kier molecular flexibility index (Phi) is 6.69. The van der Waals surface area contributed by atoms with Crippen LogP contribution in [0.25, 0.3) is 22.4 Å². The quantitative estimate of drug-likeness (QED) is 0.300. The molecule has 4 heterocycles. The number of pyridine rings is 1. The summed E-state index contributed by atoms with van der Waals surface area (Å²) in [6, 6.07) is 8.26. The number of fused-ring (bicyclic) bond motifs is 1. The van der Waals surface area contributed by atoms with Gasteiger partial charge in [0.15, 0.2) is 23.0 Å². The number of nitrogens with zero attached hydrogens (tertiary/aromatic N) is 8. The highest BCUT2D eigenvalue weighted by Gasteiger charge is 2.23. The van der Waals surface area contributed by atoms with Crippen molar-refractivity contribution in [3.8, 4) is 28.6 Å². The Bertz CT molecular complexity index is 1620. The summed E-state index contributed by atoms with van der Waals surface area (Å²) in [7, 11) is 6.24. The normalized spacial score (nSPS) is 11.0. The highest BCUT2D eigenvalue weighted by molar-refractivity contribution is 5.77. The molecule has 0 unspecified atom stereocenters. The van der Waals surface area contributed by atoms with E-state index < -0.39 is 5.82 Å². The van der Waals surface area contributed by atoms with Crippen LogP contribution in [-0.4, -0.2) is 56.0 Å². The predicted octanol–water partition coefficient (Wildman–Crippen LogP) is 4.03. The van der Waals surface area contributed by atoms with Gasteiger partial charge in [-0.05, 0) is 19.1 Å². The van der Waals surface area contributed by atoms with Gasteiger partial charge in [0.05, 0.1) is 51.6 Å². The van der Waals surface area contributed by atoms with Gasteiger partial charge in [0.2, 0.25) is 5.88 Å². The van der Waals surface area contributed by atoms with E-state index in [0.717, 1.165) is 5.56 Å². The van der Waals surface area contributed by atoms with Gasteiger partial charge in [0, 0.05) is 42.7 Å². The lowest BCUT2D eigenvalue weighted by Gasteiger charge is -2.25. The Morgan fingerprint density at radius 1 is 0.947 bits per heavy atom. The lowest BCUT2D eigenvalue weighted by molar-refractivity contribution is 0.374. The minimum atomic E-state index is -0.593. The maximum Gasteiger partial charge on any atom is 0.216 e. The molecule has 38 heavy (non-hydrogen) atoms. The van der Waals surface area contributed by atoms with Crippen LogP contribution in [0.15, 0.2) is 48.9 Å². The molecular weight excluding hydrogens is 491 g/mol. The van der Waals surface area contributed by atoms with Crippen LogP contribution < -0.4 is 19.1 Å². The number of halogens is 1. The third-order valence-corrected chi connectivity index (χ3v) is 5.79. The standard InChI is InChI=1S/C26H25FN8O3/c1-15-8-24(38-5)32-22(30-15)14-35(20-9-17(36-3)10-21(37-4)25(20)27)23-7-6-18-26(33-23)31-19(12-28-18)16-11-29-34(2)13-16/h6-13H,14H2,1-5H3. The van der Waals surface area contributed by atoms with Crippen LogP contribution in [0.5, 0.6) is 17.4 Å². The SMILES string of the molecule is COc1cc(OC)c(F)c(N(Cc2nc(C)cc(OC)n2)c2ccc3ncc(-c4cnn(C)c4)nc3n2)c1. The van der Waals surface area contributed by atoms with E-state index in [4.69, 9.17) is 19.2 Å². The largest absolute Gasteiger partial charge is 0.497 e. The van der Waals surface area contributed by atoms with Crippen molar-refractivity contribution in [2.75, 3.05) is 26.2 Å². The van der Waals surface area contributed by atoms with Gasteiger partial charge in [0.1, 0.15) is 17.1 Å². The van der Waals surface area contributed by atoms with E-state index in [1.54, 1.807) is 46.2 Å². The molecule has 194 valence electrons. The molecule has 0 fully saturated rings. The smallest absolute Gasteiger partial charge is 0.216 e. The first-order valence-corrected chi connectivity index (χ1v) is 11.6. The van der Waals surface area contributed by atoms with E-state index in [9.17, 15) is 0 Å². The van der Waals surface area contributed by atoms with Crippen LogP contribution in [-0.2, 0) is 13.6 Å². The van der Waals surface area contributed by atoms with Gasteiger partial charge in [0.25, 0.3) is 0 Å². The fourth-order valence-electron chi connectivity index (χ4n) is 3.96. The van der Waals surface area contributed by atoms with Gasteiger partial charge >= 0.3 is 0 Å². The van der Waals surface area contributed by atoms with Crippen LogP contribution in [0, 0.1) is 12.7 Å². The van der Waals surface area contributed by atoms with Crippen molar-refractivity contribution in [3.05, 3.63) is 66.3 Å². The number of hydrogen-bond donors (Lipinski definition) is 0. The van der Waals surface area contributed by atoms with Gasteiger partial charge in [-0.25, -0.2) is 19.3 Å². The zero-order valence-corrected chi connectivity index (χ0v) is 21.5. The fourth-order valence-corrected chi connectivity index (χ4v) is 3.96. The van der Waals surface area contributed by atoms with Crippen LogP contribution in [0.4, 0.5) is 15.9 Å². The Morgan fingerprint density at radius 3 is 2.50 bits per heavy atom. The second kappa shape index (κ2) is 10.2. The molecule has 12 heteroatoms. The molecule has 0 amide bonds. The first-order valence-electron chi connectivity index (χ1n) is 11.6. The number of ether oxygens (including phenoxy) is 3. The summed E-state index contributed by atoms with van der Waals surface area (Å²) in [5, 5.41) is 4.20. The van der Waals surface area contributed by atoms with Crippen molar-refractivity contribution in [2.24, 2.45) is 7.05 Å². The highest BCUT2D eigenvalue weighted by Crippen LogP contribution is 2.37. The Morgan fingerprint density at radius 2 is 1.79 bits per heavy atom. The molecule has 0 N–H and O–H groups in total. The summed E-state index contributed by atoms with van der Waals surface area (Å²) >= 11 is 0. The Labute approximate surface area is 217 Å². The molecule has 0 saturated heterocycles. The monoisotopic (exact) mass is 516 g/mol. The van der Waals surface area contributed by atoms with Gasteiger partial charge in [-0.15, -0.1) is 0 Å². The summed E-state index contributed by atoms with van der Waals surface area (Å²) in [5.41, 5.74) is 3.24. The van der Waals surface area contributed by atoms with Crippen molar-refractivity contribution in [3.63, 3.8) is 0 Å². The number of aromatic nitrogens is 7. The number of hydrogen-bond acceptors (Lipinski definition) is 10. The van der Waals surface area contributed by atoms with Gasteiger partial charge < -0.3 is 19.1 Å². The van der Waals surface area contributed by atoms with Crippen molar-refractivity contribution in [2.45, 2.75) is 13.5 Å². The van der Waals surface area contributed by atoms with E-state index in [1.807, 2.05) is 20.2 Å². The maximum atomic E-state index is 15.7. The maximum absolute atomic E-state index is 15.7.